The normalized spacial score (nSPS) is 9.81. The molecule has 0 saturated carbocycles. The molecule has 0 radical (unpaired) electrons. The van der Waals surface area contributed by atoms with Crippen LogP contribution in [0.4, 0.5) is 15.8 Å². The first-order valence-corrected chi connectivity index (χ1v) is 6.52. The van der Waals surface area contributed by atoms with Crippen molar-refractivity contribution in [2.45, 2.75) is 0 Å². The highest BCUT2D eigenvalue weighted by Crippen LogP contribution is 2.16. The van der Waals surface area contributed by atoms with Gasteiger partial charge in [-0.15, -0.1) is 0 Å². The molecule has 6 heteroatoms. The molecule has 4 nitrogen and oxygen atoms in total. The number of methoxy groups -OCH3 is 1. The number of carbonyl (C=O) groups is 1. The molecule has 0 heterocycles. The molecule has 1 amide bonds. The van der Waals surface area contributed by atoms with E-state index in [0.717, 1.165) is 0 Å². The lowest BCUT2D eigenvalue weighted by molar-refractivity contribution is -0.110. The Morgan fingerprint density at radius 3 is 2.38 bits per heavy atom. The van der Waals surface area contributed by atoms with Gasteiger partial charge in [-0.05, 0) is 36.4 Å². The average Bonchev–Trinajstić information content (AvgIpc) is 2.50. The minimum Gasteiger partial charge on any atom is -0.497 e. The minimum atomic E-state index is -0.578. The zero-order valence-electron chi connectivity index (χ0n) is 11.2. The van der Waals surface area contributed by atoms with Crippen LogP contribution < -0.4 is 15.4 Å². The number of amides is 1. The van der Waals surface area contributed by atoms with Crippen LogP contribution in [-0.2, 0) is 4.79 Å². The molecule has 21 heavy (non-hydrogen) atoms. The lowest BCUT2D eigenvalue weighted by atomic mass is 10.3. The number of anilines is 2. The van der Waals surface area contributed by atoms with E-state index in [2.05, 4.69) is 10.6 Å². The van der Waals surface area contributed by atoms with Gasteiger partial charge in [0.15, 0.2) is 4.99 Å². The maximum absolute atomic E-state index is 13.4. The fraction of sp³-hybridized carbons (Fsp3) is 0.0667. The Hall–Kier alpha value is -2.47. The third-order valence-corrected chi connectivity index (χ3v) is 2.96. The smallest absolute Gasteiger partial charge is 0.283 e. The summed E-state index contributed by atoms with van der Waals surface area (Å²) in [6.07, 6.45) is 0. The van der Waals surface area contributed by atoms with Crippen LogP contribution in [0.1, 0.15) is 0 Å². The van der Waals surface area contributed by atoms with Crippen LogP contribution in [0.3, 0.4) is 0 Å². The maximum Gasteiger partial charge on any atom is 0.283 e. The molecule has 0 spiro atoms. The summed E-state index contributed by atoms with van der Waals surface area (Å²) in [5, 5.41) is 5.18. The Kier molecular flexibility index (Phi) is 4.84. The van der Waals surface area contributed by atoms with Crippen LogP contribution in [0, 0.1) is 5.82 Å². The van der Waals surface area contributed by atoms with Crippen molar-refractivity contribution in [3.8, 4) is 5.75 Å². The number of halogens is 1. The predicted octanol–water partition coefficient (Wildman–Crippen LogP) is 3.21. The van der Waals surface area contributed by atoms with Crippen molar-refractivity contribution >= 4 is 34.5 Å². The average molecular weight is 304 g/mol. The van der Waals surface area contributed by atoms with Gasteiger partial charge in [-0.1, -0.05) is 24.4 Å². The lowest BCUT2D eigenvalue weighted by Gasteiger charge is -2.09. The van der Waals surface area contributed by atoms with Crippen molar-refractivity contribution in [3.05, 3.63) is 54.3 Å². The van der Waals surface area contributed by atoms with Gasteiger partial charge in [0, 0.05) is 5.69 Å². The van der Waals surface area contributed by atoms with Gasteiger partial charge >= 0.3 is 0 Å². The monoisotopic (exact) mass is 304 g/mol. The topological polar surface area (TPSA) is 50.4 Å². The SMILES string of the molecule is COc1ccc(NC(=S)C(=O)Nc2ccccc2F)cc1. The first-order chi connectivity index (χ1) is 10.1. The largest absolute Gasteiger partial charge is 0.497 e. The molecule has 0 aliphatic heterocycles. The van der Waals surface area contributed by atoms with Crippen molar-refractivity contribution < 1.29 is 13.9 Å². The number of hydrogen-bond acceptors (Lipinski definition) is 3. The highest BCUT2D eigenvalue weighted by Gasteiger charge is 2.11. The quantitative estimate of drug-likeness (QED) is 0.855. The van der Waals surface area contributed by atoms with E-state index in [-0.39, 0.29) is 10.7 Å². The van der Waals surface area contributed by atoms with Crippen LogP contribution in [0.5, 0.6) is 5.75 Å². The van der Waals surface area contributed by atoms with E-state index in [1.807, 2.05) is 0 Å². The Morgan fingerprint density at radius 2 is 1.76 bits per heavy atom. The number of benzene rings is 2. The van der Waals surface area contributed by atoms with Crippen LogP contribution in [0.2, 0.25) is 0 Å². The highest BCUT2D eigenvalue weighted by atomic mass is 32.1. The molecule has 0 aliphatic carbocycles. The number of rotatable bonds is 3. The van der Waals surface area contributed by atoms with Crippen molar-refractivity contribution in [2.24, 2.45) is 0 Å². The second-order valence-electron chi connectivity index (χ2n) is 4.12. The summed E-state index contributed by atoms with van der Waals surface area (Å²) in [7, 11) is 1.56. The standard InChI is InChI=1S/C15H13FN2O2S/c1-20-11-8-6-10(7-9-11)17-15(21)14(19)18-13-5-3-2-4-12(13)16/h2-9H,1H3,(H,17,21)(H,18,19). The van der Waals surface area contributed by atoms with Crippen molar-refractivity contribution in [2.75, 3.05) is 17.7 Å². The number of thiocarbonyl (C=S) groups is 1. The van der Waals surface area contributed by atoms with Gasteiger partial charge in [0.2, 0.25) is 0 Å². The van der Waals surface area contributed by atoms with E-state index in [1.165, 1.54) is 12.1 Å². The zero-order valence-corrected chi connectivity index (χ0v) is 12.0. The van der Waals surface area contributed by atoms with Crippen LogP contribution in [-0.4, -0.2) is 18.0 Å². The molecular weight excluding hydrogens is 291 g/mol. The molecule has 108 valence electrons. The molecule has 2 aromatic carbocycles. The number of para-hydroxylation sites is 1. The van der Waals surface area contributed by atoms with Crippen LogP contribution >= 0.6 is 12.2 Å². The van der Waals surface area contributed by atoms with Gasteiger partial charge in [-0.2, -0.15) is 0 Å². The molecule has 0 aromatic heterocycles. The highest BCUT2D eigenvalue weighted by molar-refractivity contribution is 7.82. The van der Waals surface area contributed by atoms with Crippen LogP contribution in [0.25, 0.3) is 0 Å². The third-order valence-electron chi connectivity index (χ3n) is 2.68. The van der Waals surface area contributed by atoms with Crippen molar-refractivity contribution in [1.82, 2.24) is 0 Å². The zero-order chi connectivity index (χ0) is 15.2. The molecule has 0 atom stereocenters. The molecule has 2 N–H and O–H groups in total. The predicted molar refractivity (Wildman–Crippen MR) is 84.2 cm³/mol. The summed E-state index contributed by atoms with van der Waals surface area (Å²) in [5.74, 6) is -0.397. The Morgan fingerprint density at radius 1 is 1.10 bits per heavy atom. The number of ether oxygens (including phenoxy) is 1. The van der Waals surface area contributed by atoms with Gasteiger partial charge in [0.05, 0.1) is 12.8 Å². The molecule has 2 aromatic rings. The fourth-order valence-corrected chi connectivity index (χ4v) is 1.77. The molecular formula is C15H13FN2O2S. The summed E-state index contributed by atoms with van der Waals surface area (Å²) in [5.41, 5.74) is 0.728. The van der Waals surface area contributed by atoms with Gasteiger partial charge in [-0.3, -0.25) is 4.79 Å². The van der Waals surface area contributed by atoms with Gasteiger partial charge < -0.3 is 15.4 Å². The van der Waals surface area contributed by atoms with Gasteiger partial charge in [-0.25, -0.2) is 4.39 Å². The molecule has 0 saturated heterocycles. The second kappa shape index (κ2) is 6.81. The van der Waals surface area contributed by atoms with E-state index < -0.39 is 11.7 Å². The second-order valence-corrected chi connectivity index (χ2v) is 4.52. The first kappa shape index (κ1) is 14.9. The van der Waals surface area contributed by atoms with Gasteiger partial charge in [0.1, 0.15) is 11.6 Å². The summed E-state index contributed by atoms with van der Waals surface area (Å²) in [6, 6.07) is 12.8. The van der Waals surface area contributed by atoms with Crippen LogP contribution in [0.15, 0.2) is 48.5 Å². The Labute approximate surface area is 126 Å². The van der Waals surface area contributed by atoms with E-state index >= 15 is 0 Å². The molecule has 2 rings (SSSR count). The Balaban J connectivity index is 1.99. The summed E-state index contributed by atoms with van der Waals surface area (Å²) < 4.78 is 18.5. The maximum atomic E-state index is 13.4. The summed E-state index contributed by atoms with van der Waals surface area (Å²) in [4.78, 5) is 11.8. The number of nitrogens with one attached hydrogen (secondary N) is 2. The lowest BCUT2D eigenvalue weighted by Crippen LogP contribution is -2.27. The summed E-state index contributed by atoms with van der Waals surface area (Å²) in [6.45, 7) is 0. The third kappa shape index (κ3) is 4.00. The van der Waals surface area contributed by atoms with E-state index in [0.29, 0.717) is 11.4 Å². The van der Waals surface area contributed by atoms with Gasteiger partial charge in [0.25, 0.3) is 5.91 Å². The fourth-order valence-electron chi connectivity index (χ4n) is 1.60. The Bertz CT molecular complexity index is 659. The first-order valence-electron chi connectivity index (χ1n) is 6.11. The molecule has 0 fully saturated rings. The molecule has 0 aliphatic rings. The van der Waals surface area contributed by atoms with E-state index in [1.54, 1.807) is 43.5 Å². The van der Waals surface area contributed by atoms with E-state index in [4.69, 9.17) is 17.0 Å². The minimum absolute atomic E-state index is 0.0524. The number of hydrogen-bond donors (Lipinski definition) is 2. The van der Waals surface area contributed by atoms with Crippen molar-refractivity contribution in [3.63, 3.8) is 0 Å². The van der Waals surface area contributed by atoms with E-state index in [9.17, 15) is 9.18 Å². The molecule has 0 unspecified atom stereocenters. The summed E-state index contributed by atoms with van der Waals surface area (Å²) >= 11 is 4.99. The molecule has 0 bridgehead atoms. The van der Waals surface area contributed by atoms with Crippen molar-refractivity contribution in [1.29, 1.82) is 0 Å². The number of carbonyl (C=O) groups excluding carboxylic acids is 1.